The van der Waals surface area contributed by atoms with Crippen LogP contribution in [0.25, 0.3) is 11.1 Å². The molecule has 3 rings (SSSR count). The van der Waals surface area contributed by atoms with E-state index in [1.807, 2.05) is 0 Å². The van der Waals surface area contributed by atoms with Crippen LogP contribution in [-0.2, 0) is 0 Å². The molecule has 1 saturated heterocycles. The van der Waals surface area contributed by atoms with Gasteiger partial charge in [-0.25, -0.2) is 0 Å². The van der Waals surface area contributed by atoms with E-state index in [0.717, 1.165) is 17.6 Å². The molecule has 1 aromatic carbocycles. The summed E-state index contributed by atoms with van der Waals surface area (Å²) in [6.45, 7) is 6.47. The van der Waals surface area contributed by atoms with E-state index >= 15 is 0 Å². The maximum atomic E-state index is 4.62. The first-order chi connectivity index (χ1) is 9.66. The molecule has 1 fully saturated rings. The van der Waals surface area contributed by atoms with Crippen LogP contribution in [-0.4, -0.2) is 23.3 Å². The molecule has 4 heteroatoms. The van der Waals surface area contributed by atoms with Crippen LogP contribution >= 0.6 is 15.9 Å². The first-order valence-corrected chi connectivity index (χ1v) is 7.98. The highest BCUT2D eigenvalue weighted by atomic mass is 79.9. The highest BCUT2D eigenvalue weighted by Crippen LogP contribution is 2.37. The second-order valence-corrected chi connectivity index (χ2v) is 6.51. The number of aryl methyl sites for hydroxylation is 2. The molecule has 106 valence electrons. The van der Waals surface area contributed by atoms with Gasteiger partial charge in [-0.3, -0.25) is 5.10 Å². The lowest BCUT2D eigenvalue weighted by atomic mass is 9.88. The summed E-state index contributed by atoms with van der Waals surface area (Å²) in [6.07, 6.45) is 2.34. The summed E-state index contributed by atoms with van der Waals surface area (Å²) in [5.74, 6) is 0.564. The molecule has 0 bridgehead atoms. The lowest BCUT2D eigenvalue weighted by Crippen LogP contribution is -2.27. The Hall–Kier alpha value is -1.13. The Balaban J connectivity index is 2.08. The number of benzene rings is 1. The van der Waals surface area contributed by atoms with E-state index in [9.17, 15) is 0 Å². The number of nitrogens with one attached hydrogen (secondary N) is 2. The monoisotopic (exact) mass is 333 g/mol. The maximum Gasteiger partial charge on any atom is 0.0735 e. The minimum Gasteiger partial charge on any atom is -0.317 e. The zero-order chi connectivity index (χ0) is 14.1. The smallest absolute Gasteiger partial charge is 0.0735 e. The van der Waals surface area contributed by atoms with Gasteiger partial charge in [0.1, 0.15) is 0 Å². The lowest BCUT2D eigenvalue weighted by Gasteiger charge is -2.22. The van der Waals surface area contributed by atoms with Crippen LogP contribution in [0.3, 0.4) is 0 Å². The van der Waals surface area contributed by atoms with Gasteiger partial charge in [0, 0.05) is 21.6 Å². The normalized spacial score (nSPS) is 16.6. The molecule has 0 spiro atoms. The van der Waals surface area contributed by atoms with Crippen LogP contribution in [0.15, 0.2) is 22.7 Å². The van der Waals surface area contributed by atoms with Crippen molar-refractivity contribution in [3.05, 3.63) is 39.6 Å². The van der Waals surface area contributed by atoms with Gasteiger partial charge >= 0.3 is 0 Å². The number of rotatable bonds is 2. The molecular weight excluding hydrogens is 314 g/mol. The van der Waals surface area contributed by atoms with Crippen LogP contribution in [0, 0.1) is 13.8 Å². The van der Waals surface area contributed by atoms with Crippen molar-refractivity contribution in [2.75, 3.05) is 13.1 Å². The fourth-order valence-corrected chi connectivity index (χ4v) is 3.40. The third kappa shape index (κ3) is 2.54. The fourth-order valence-electron chi connectivity index (χ4n) is 3.04. The van der Waals surface area contributed by atoms with Crippen LogP contribution in [0.4, 0.5) is 0 Å². The van der Waals surface area contributed by atoms with Crippen molar-refractivity contribution in [2.24, 2.45) is 0 Å². The summed E-state index contributed by atoms with van der Waals surface area (Å²) >= 11 is 3.59. The van der Waals surface area contributed by atoms with Gasteiger partial charge in [0.2, 0.25) is 0 Å². The van der Waals surface area contributed by atoms with Gasteiger partial charge in [-0.15, -0.1) is 0 Å². The molecule has 0 atom stereocenters. The van der Waals surface area contributed by atoms with Crippen LogP contribution in [0.2, 0.25) is 0 Å². The van der Waals surface area contributed by atoms with E-state index < -0.39 is 0 Å². The highest BCUT2D eigenvalue weighted by Gasteiger charge is 2.23. The highest BCUT2D eigenvalue weighted by molar-refractivity contribution is 9.10. The Morgan fingerprint density at radius 1 is 1.20 bits per heavy atom. The Labute approximate surface area is 128 Å². The van der Waals surface area contributed by atoms with Crippen LogP contribution < -0.4 is 5.32 Å². The first kappa shape index (κ1) is 13.8. The van der Waals surface area contributed by atoms with E-state index in [-0.39, 0.29) is 0 Å². The molecule has 2 N–H and O–H groups in total. The Bertz CT molecular complexity index is 612. The zero-order valence-corrected chi connectivity index (χ0v) is 13.5. The molecule has 1 aliphatic heterocycles. The summed E-state index contributed by atoms with van der Waals surface area (Å²) < 4.78 is 1.12. The van der Waals surface area contributed by atoms with Crippen LogP contribution in [0.5, 0.6) is 0 Å². The quantitative estimate of drug-likeness (QED) is 0.874. The van der Waals surface area contributed by atoms with Gasteiger partial charge in [-0.05, 0) is 63.0 Å². The number of hydrogen-bond acceptors (Lipinski definition) is 2. The minimum absolute atomic E-state index is 0.564. The number of H-pyrrole nitrogens is 1. The number of aromatic amines is 1. The van der Waals surface area contributed by atoms with Crippen molar-refractivity contribution in [1.29, 1.82) is 0 Å². The molecule has 3 nitrogen and oxygen atoms in total. The van der Waals surface area contributed by atoms with Gasteiger partial charge in [-0.1, -0.05) is 22.0 Å². The number of hydrogen-bond donors (Lipinski definition) is 2. The van der Waals surface area contributed by atoms with Gasteiger partial charge < -0.3 is 5.32 Å². The summed E-state index contributed by atoms with van der Waals surface area (Å²) in [6, 6.07) is 6.47. The number of aromatic nitrogens is 2. The minimum atomic E-state index is 0.564. The Kier molecular flexibility index (Phi) is 3.94. The number of piperidine rings is 1. The zero-order valence-electron chi connectivity index (χ0n) is 12.0. The molecule has 1 aromatic heterocycles. The SMILES string of the molecule is Cc1ccc(Br)cc1-c1c(C2CCNCC2)n[nH]c1C. The Morgan fingerprint density at radius 2 is 1.95 bits per heavy atom. The summed E-state index contributed by atoms with van der Waals surface area (Å²) in [5.41, 5.74) is 6.30. The van der Waals surface area contributed by atoms with Crippen molar-refractivity contribution in [3.8, 4) is 11.1 Å². The van der Waals surface area contributed by atoms with E-state index in [1.165, 1.54) is 40.9 Å². The molecule has 20 heavy (non-hydrogen) atoms. The predicted octanol–water partition coefficient (Wildman–Crippen LogP) is 3.92. The van der Waals surface area contributed by atoms with Crippen molar-refractivity contribution >= 4 is 15.9 Å². The second-order valence-electron chi connectivity index (χ2n) is 5.59. The molecule has 0 amide bonds. The number of halogens is 1. The van der Waals surface area contributed by atoms with E-state index in [1.54, 1.807) is 0 Å². The van der Waals surface area contributed by atoms with E-state index in [0.29, 0.717) is 5.92 Å². The van der Waals surface area contributed by atoms with Crippen molar-refractivity contribution in [3.63, 3.8) is 0 Å². The molecule has 0 radical (unpaired) electrons. The molecule has 1 aliphatic rings. The summed E-state index contributed by atoms with van der Waals surface area (Å²) in [4.78, 5) is 0. The third-order valence-electron chi connectivity index (χ3n) is 4.17. The predicted molar refractivity (Wildman–Crippen MR) is 86.0 cm³/mol. The topological polar surface area (TPSA) is 40.7 Å². The molecule has 2 aromatic rings. The summed E-state index contributed by atoms with van der Waals surface area (Å²) in [5, 5.41) is 11.2. The second kappa shape index (κ2) is 5.70. The molecule has 2 heterocycles. The average molecular weight is 334 g/mol. The van der Waals surface area contributed by atoms with Crippen molar-refractivity contribution < 1.29 is 0 Å². The first-order valence-electron chi connectivity index (χ1n) is 7.19. The molecular formula is C16H20BrN3. The Morgan fingerprint density at radius 3 is 2.70 bits per heavy atom. The van der Waals surface area contributed by atoms with Gasteiger partial charge in [0.25, 0.3) is 0 Å². The standard InChI is InChI=1S/C16H20BrN3/c1-10-3-4-13(17)9-14(10)15-11(2)19-20-16(15)12-5-7-18-8-6-12/h3-4,9,12,18H,5-8H2,1-2H3,(H,19,20). The average Bonchev–Trinajstić information content (AvgIpc) is 2.84. The van der Waals surface area contributed by atoms with Gasteiger partial charge in [0.15, 0.2) is 0 Å². The van der Waals surface area contributed by atoms with E-state index in [2.05, 4.69) is 63.5 Å². The lowest BCUT2D eigenvalue weighted by molar-refractivity contribution is 0.453. The summed E-state index contributed by atoms with van der Waals surface area (Å²) in [7, 11) is 0. The van der Waals surface area contributed by atoms with Crippen LogP contribution in [0.1, 0.15) is 35.7 Å². The van der Waals surface area contributed by atoms with E-state index in [4.69, 9.17) is 0 Å². The van der Waals surface area contributed by atoms with Gasteiger partial charge in [-0.2, -0.15) is 5.10 Å². The fraction of sp³-hybridized carbons (Fsp3) is 0.438. The van der Waals surface area contributed by atoms with Crippen molar-refractivity contribution in [2.45, 2.75) is 32.6 Å². The third-order valence-corrected chi connectivity index (χ3v) is 4.66. The largest absolute Gasteiger partial charge is 0.317 e. The molecule has 0 unspecified atom stereocenters. The van der Waals surface area contributed by atoms with Crippen molar-refractivity contribution in [1.82, 2.24) is 15.5 Å². The maximum absolute atomic E-state index is 4.62. The van der Waals surface area contributed by atoms with Gasteiger partial charge in [0.05, 0.1) is 5.69 Å². The molecule has 0 saturated carbocycles. The molecule has 0 aliphatic carbocycles. The number of nitrogens with zero attached hydrogens (tertiary/aromatic N) is 1.